The average Bonchev–Trinajstić information content (AvgIpc) is 2.40. The summed E-state index contributed by atoms with van der Waals surface area (Å²) >= 11 is 0. The van der Waals surface area contributed by atoms with E-state index >= 15 is 0 Å². The zero-order valence-electron chi connectivity index (χ0n) is 11.7. The van der Waals surface area contributed by atoms with Gasteiger partial charge in [0.2, 0.25) is 5.91 Å². The summed E-state index contributed by atoms with van der Waals surface area (Å²) in [6.07, 6.45) is 0.568. The lowest BCUT2D eigenvalue weighted by Crippen LogP contribution is -2.48. The van der Waals surface area contributed by atoms with Gasteiger partial charge in [-0.1, -0.05) is 37.3 Å². The average molecular weight is 259 g/mol. The number of carbonyl (C=O) groups is 1. The monoisotopic (exact) mass is 259 g/mol. The second kappa shape index (κ2) is 6.71. The molecular weight excluding hydrogens is 236 g/mol. The minimum atomic E-state index is 0.204. The Morgan fingerprint density at radius 3 is 2.42 bits per heavy atom. The van der Waals surface area contributed by atoms with Crippen LogP contribution in [0.4, 0.5) is 0 Å². The number of carbonyl (C=O) groups excluding carboxylic acids is 1. The van der Waals surface area contributed by atoms with E-state index in [1.807, 2.05) is 17.9 Å². The van der Waals surface area contributed by atoms with Gasteiger partial charge >= 0.3 is 0 Å². The Hall–Kier alpha value is -1.35. The van der Waals surface area contributed by atoms with Crippen molar-refractivity contribution in [3.8, 4) is 0 Å². The van der Waals surface area contributed by atoms with E-state index in [-0.39, 0.29) is 11.8 Å². The largest absolute Gasteiger partial charge is 0.340 e. The van der Waals surface area contributed by atoms with E-state index in [1.165, 1.54) is 5.56 Å². The maximum absolute atomic E-state index is 11.9. The van der Waals surface area contributed by atoms with E-state index in [4.69, 9.17) is 0 Å². The van der Waals surface area contributed by atoms with Crippen molar-refractivity contribution in [2.45, 2.75) is 19.9 Å². The quantitative estimate of drug-likeness (QED) is 0.827. The van der Waals surface area contributed by atoms with Crippen molar-refractivity contribution < 1.29 is 4.79 Å². The summed E-state index contributed by atoms with van der Waals surface area (Å²) in [5.74, 6) is 0.455. The van der Waals surface area contributed by atoms with Crippen molar-refractivity contribution in [2.24, 2.45) is 5.92 Å². The van der Waals surface area contributed by atoms with Gasteiger partial charge in [-0.3, -0.25) is 9.69 Å². The summed E-state index contributed by atoms with van der Waals surface area (Å²) in [6.45, 7) is 10.5. The maximum Gasteiger partial charge on any atom is 0.222 e. The van der Waals surface area contributed by atoms with E-state index < -0.39 is 0 Å². The van der Waals surface area contributed by atoms with Crippen molar-refractivity contribution in [3.05, 3.63) is 42.8 Å². The summed E-state index contributed by atoms with van der Waals surface area (Å²) in [6, 6.07) is 10.5. The third-order valence-electron chi connectivity index (χ3n) is 3.50. The fourth-order valence-electron chi connectivity index (χ4n) is 2.42. The fraction of sp³-hybridized carbons (Fsp3) is 0.500. The minimum Gasteiger partial charge on any atom is -0.340 e. The van der Waals surface area contributed by atoms with Crippen LogP contribution >= 0.6 is 0 Å². The molecule has 1 heterocycles. The first kappa shape index (κ1) is 14.1. The molecule has 103 valence electrons. The molecule has 3 heteroatoms. The van der Waals surface area contributed by atoms with Crippen LogP contribution in [-0.4, -0.2) is 41.9 Å². The van der Waals surface area contributed by atoms with Gasteiger partial charge in [-0.2, -0.15) is 0 Å². The first-order chi connectivity index (χ1) is 9.15. The van der Waals surface area contributed by atoms with Gasteiger partial charge in [0.15, 0.2) is 0 Å². The molecule has 19 heavy (non-hydrogen) atoms. The lowest BCUT2D eigenvalue weighted by molar-refractivity contribution is -0.133. The third kappa shape index (κ3) is 4.35. The van der Waals surface area contributed by atoms with E-state index in [0.717, 1.165) is 32.7 Å². The van der Waals surface area contributed by atoms with Crippen molar-refractivity contribution in [3.63, 3.8) is 0 Å². The van der Waals surface area contributed by atoms with Crippen LogP contribution in [0.2, 0.25) is 0 Å². The molecule has 1 fully saturated rings. The van der Waals surface area contributed by atoms with E-state index in [9.17, 15) is 4.79 Å². The normalized spacial score (nSPS) is 16.9. The van der Waals surface area contributed by atoms with Gasteiger partial charge in [-0.05, 0) is 18.4 Å². The van der Waals surface area contributed by atoms with Crippen molar-refractivity contribution >= 4 is 5.91 Å². The van der Waals surface area contributed by atoms with Gasteiger partial charge in [0.25, 0.3) is 0 Å². The molecule has 0 spiro atoms. The van der Waals surface area contributed by atoms with Gasteiger partial charge in [-0.25, -0.2) is 0 Å². The van der Waals surface area contributed by atoms with Crippen LogP contribution in [0.3, 0.4) is 0 Å². The number of hydrogen-bond acceptors (Lipinski definition) is 2. The Bertz CT molecular complexity index is 394. The van der Waals surface area contributed by atoms with Crippen LogP contribution in [0.5, 0.6) is 0 Å². The summed E-state index contributed by atoms with van der Waals surface area (Å²) in [5, 5.41) is 0. The van der Waals surface area contributed by atoms with Gasteiger partial charge < -0.3 is 4.90 Å². The smallest absolute Gasteiger partial charge is 0.222 e. The Kier molecular flexibility index (Phi) is 4.97. The third-order valence-corrected chi connectivity index (χ3v) is 3.50. The van der Waals surface area contributed by atoms with Gasteiger partial charge in [-0.15, -0.1) is 0 Å². The fourth-order valence-corrected chi connectivity index (χ4v) is 2.42. The Labute approximate surface area is 116 Å². The van der Waals surface area contributed by atoms with E-state index in [0.29, 0.717) is 6.42 Å². The Morgan fingerprint density at radius 1 is 1.21 bits per heavy atom. The molecular formula is C16H23N2O. The Morgan fingerprint density at radius 2 is 1.84 bits per heavy atom. The van der Waals surface area contributed by atoms with Crippen molar-refractivity contribution in [2.75, 3.05) is 26.2 Å². The molecule has 3 nitrogen and oxygen atoms in total. The first-order valence-corrected chi connectivity index (χ1v) is 7.02. The molecule has 1 saturated heterocycles. The van der Waals surface area contributed by atoms with Crippen molar-refractivity contribution in [1.29, 1.82) is 0 Å². The van der Waals surface area contributed by atoms with E-state index in [1.54, 1.807) is 0 Å². The minimum absolute atomic E-state index is 0.204. The van der Waals surface area contributed by atoms with Crippen LogP contribution in [0, 0.1) is 12.8 Å². The zero-order valence-corrected chi connectivity index (χ0v) is 11.7. The number of hydrogen-bond donors (Lipinski definition) is 0. The molecule has 1 unspecified atom stereocenters. The summed E-state index contributed by atoms with van der Waals surface area (Å²) in [7, 11) is 0. The lowest BCUT2D eigenvalue weighted by atomic mass is 10.1. The molecule has 1 aliphatic rings. The predicted molar refractivity (Wildman–Crippen MR) is 77.4 cm³/mol. The molecule has 0 N–H and O–H groups in total. The maximum atomic E-state index is 11.9. The zero-order chi connectivity index (χ0) is 13.7. The highest BCUT2D eigenvalue weighted by Gasteiger charge is 2.21. The van der Waals surface area contributed by atoms with Gasteiger partial charge in [0.1, 0.15) is 0 Å². The van der Waals surface area contributed by atoms with Crippen LogP contribution in [0.15, 0.2) is 30.3 Å². The summed E-state index contributed by atoms with van der Waals surface area (Å²) < 4.78 is 0. The van der Waals surface area contributed by atoms with Gasteiger partial charge in [0, 0.05) is 39.1 Å². The predicted octanol–water partition coefficient (Wildman–Crippen LogP) is 2.19. The second-order valence-corrected chi connectivity index (χ2v) is 5.45. The molecule has 1 radical (unpaired) electrons. The molecule has 0 saturated carbocycles. The number of nitrogens with zero attached hydrogens (tertiary/aromatic N) is 2. The number of rotatable bonds is 4. The highest BCUT2D eigenvalue weighted by atomic mass is 16.2. The van der Waals surface area contributed by atoms with Gasteiger partial charge in [0.05, 0.1) is 0 Å². The second-order valence-electron chi connectivity index (χ2n) is 5.45. The SMILES string of the molecule is [CH2]C(C)CC(=O)N1CCN(Cc2ccccc2)CC1. The molecule has 1 aliphatic heterocycles. The first-order valence-electron chi connectivity index (χ1n) is 7.02. The van der Waals surface area contributed by atoms with E-state index in [2.05, 4.69) is 36.1 Å². The number of benzene rings is 1. The molecule has 1 aromatic carbocycles. The molecule has 1 amide bonds. The molecule has 1 aromatic rings. The topological polar surface area (TPSA) is 23.6 Å². The van der Waals surface area contributed by atoms with Crippen LogP contribution < -0.4 is 0 Å². The standard InChI is InChI=1S/C16H23N2O/c1-14(2)12-16(19)18-10-8-17(9-11-18)13-15-6-4-3-5-7-15/h3-7,14H,1,8-13H2,2H3. The highest BCUT2D eigenvalue weighted by molar-refractivity contribution is 5.76. The molecule has 0 aromatic heterocycles. The molecule has 1 atom stereocenters. The molecule has 0 aliphatic carbocycles. The van der Waals surface area contributed by atoms with Crippen LogP contribution in [0.1, 0.15) is 18.9 Å². The Balaban J connectivity index is 1.78. The number of amides is 1. The lowest BCUT2D eigenvalue weighted by Gasteiger charge is -2.35. The van der Waals surface area contributed by atoms with Crippen molar-refractivity contribution in [1.82, 2.24) is 9.80 Å². The molecule has 2 rings (SSSR count). The summed E-state index contributed by atoms with van der Waals surface area (Å²) in [4.78, 5) is 16.3. The summed E-state index contributed by atoms with van der Waals surface area (Å²) in [5.41, 5.74) is 1.34. The van der Waals surface area contributed by atoms with Crippen LogP contribution in [0.25, 0.3) is 0 Å². The van der Waals surface area contributed by atoms with Crippen LogP contribution in [-0.2, 0) is 11.3 Å². The molecule has 0 bridgehead atoms. The highest BCUT2D eigenvalue weighted by Crippen LogP contribution is 2.10. The number of piperazine rings is 1.